The summed E-state index contributed by atoms with van der Waals surface area (Å²) in [5.41, 5.74) is -1.10. The van der Waals surface area contributed by atoms with Crippen molar-refractivity contribution in [2.24, 2.45) is 0 Å². The molecule has 0 aromatic heterocycles. The normalized spacial score (nSPS) is 15.1. The number of hydrogen-bond donors (Lipinski definition) is 0. The van der Waals surface area contributed by atoms with Crippen LogP contribution in [0.4, 0.5) is 37.7 Å². The fourth-order valence-electron chi connectivity index (χ4n) is 3.63. The molecule has 1 aromatic rings. The van der Waals surface area contributed by atoms with Gasteiger partial charge in [-0.1, -0.05) is 0 Å². The van der Waals surface area contributed by atoms with Gasteiger partial charge >= 0.3 is 30.2 Å². The predicted octanol–water partition coefficient (Wildman–Crippen LogP) is 3.39. The van der Waals surface area contributed by atoms with Crippen LogP contribution in [0.3, 0.4) is 0 Å². The molecule has 36 heavy (non-hydrogen) atoms. The van der Waals surface area contributed by atoms with Crippen LogP contribution in [0.25, 0.3) is 0 Å². The van der Waals surface area contributed by atoms with Gasteiger partial charge in [0.1, 0.15) is 0 Å². The third kappa shape index (κ3) is 7.82. The summed E-state index contributed by atoms with van der Waals surface area (Å²) in [7, 11) is 5.34. The first kappa shape index (κ1) is 29.4. The zero-order valence-electron chi connectivity index (χ0n) is 19.9. The third-order valence-electron chi connectivity index (χ3n) is 5.43. The molecule has 1 fully saturated rings. The zero-order valence-corrected chi connectivity index (χ0v) is 19.9. The molecule has 1 heterocycles. The van der Waals surface area contributed by atoms with Crippen LogP contribution < -0.4 is 9.80 Å². The van der Waals surface area contributed by atoms with Crippen LogP contribution in [0.15, 0.2) is 18.2 Å². The highest BCUT2D eigenvalue weighted by Gasteiger charge is 2.47. The first-order valence-corrected chi connectivity index (χ1v) is 10.9. The van der Waals surface area contributed by atoms with E-state index in [2.05, 4.69) is 4.74 Å². The fraction of sp³-hybridized carbons (Fsp3) is 0.591. The largest absolute Gasteiger partial charge is 0.491 e. The quantitative estimate of drug-likeness (QED) is 0.291. The Morgan fingerprint density at radius 1 is 0.972 bits per heavy atom. The van der Waals surface area contributed by atoms with Crippen molar-refractivity contribution in [3.05, 3.63) is 23.8 Å². The highest BCUT2D eigenvalue weighted by Crippen LogP contribution is 2.35. The van der Waals surface area contributed by atoms with Gasteiger partial charge in [0.25, 0.3) is 0 Å². The number of rotatable bonds is 8. The molecule has 1 aromatic carbocycles. The minimum absolute atomic E-state index is 0.0132. The Labute approximate surface area is 203 Å². The van der Waals surface area contributed by atoms with Crippen LogP contribution in [-0.2, 0) is 19.1 Å². The summed E-state index contributed by atoms with van der Waals surface area (Å²) in [5, 5.41) is 0. The molecule has 0 atom stereocenters. The van der Waals surface area contributed by atoms with Gasteiger partial charge in [-0.15, -0.1) is 0 Å². The maximum absolute atomic E-state index is 13.6. The van der Waals surface area contributed by atoms with E-state index in [0.717, 1.165) is 12.1 Å². The first-order chi connectivity index (χ1) is 16.6. The lowest BCUT2D eigenvalue weighted by Crippen LogP contribution is -2.50. The summed E-state index contributed by atoms with van der Waals surface area (Å²) >= 11 is 0. The van der Waals surface area contributed by atoms with Gasteiger partial charge in [0.15, 0.2) is 0 Å². The van der Waals surface area contributed by atoms with Crippen molar-refractivity contribution in [3.63, 3.8) is 0 Å². The third-order valence-corrected chi connectivity index (χ3v) is 5.43. The maximum atomic E-state index is 13.6. The summed E-state index contributed by atoms with van der Waals surface area (Å²) in [6, 6.07) is 2.26. The van der Waals surface area contributed by atoms with Crippen molar-refractivity contribution in [3.8, 4) is 0 Å². The second-order valence-corrected chi connectivity index (χ2v) is 8.47. The Hall–Kier alpha value is -2.87. The maximum Gasteiger partial charge on any atom is 0.491 e. The second kappa shape index (κ2) is 11.9. The number of amides is 1. The number of anilines is 2. The van der Waals surface area contributed by atoms with Crippen molar-refractivity contribution in [2.45, 2.75) is 37.7 Å². The molecule has 2 rings (SSSR count). The molecule has 1 saturated heterocycles. The smallest absolute Gasteiger partial charge is 0.383 e. The second-order valence-electron chi connectivity index (χ2n) is 8.47. The number of esters is 2. The average molecular weight is 527 g/mol. The molecule has 0 spiro atoms. The molecule has 0 saturated carbocycles. The lowest BCUT2D eigenvalue weighted by molar-refractivity contribution is -0.193. The van der Waals surface area contributed by atoms with Crippen LogP contribution in [0.2, 0.25) is 0 Å². The van der Waals surface area contributed by atoms with E-state index in [1.165, 1.54) is 6.07 Å². The van der Waals surface area contributed by atoms with E-state index in [0.29, 0.717) is 30.1 Å². The topological polar surface area (TPSA) is 79.4 Å². The lowest BCUT2D eigenvalue weighted by Gasteiger charge is -2.36. The molecule has 202 valence electrons. The Bertz CT molecular complexity index is 945. The minimum Gasteiger partial charge on any atom is -0.383 e. The van der Waals surface area contributed by atoms with Crippen molar-refractivity contribution < 1.29 is 50.2 Å². The van der Waals surface area contributed by atoms with Crippen LogP contribution in [0.5, 0.6) is 0 Å². The number of halogens is 6. The van der Waals surface area contributed by atoms with Gasteiger partial charge in [-0.2, -0.15) is 26.3 Å². The van der Waals surface area contributed by atoms with E-state index in [4.69, 9.17) is 4.74 Å². The van der Waals surface area contributed by atoms with Gasteiger partial charge < -0.3 is 24.2 Å². The molecular weight excluding hydrogens is 500 g/mol. The van der Waals surface area contributed by atoms with Crippen molar-refractivity contribution in [1.82, 2.24) is 4.90 Å². The number of carbonyl (C=O) groups excluding carboxylic acids is 3. The van der Waals surface area contributed by atoms with E-state index in [-0.39, 0.29) is 26.1 Å². The summed E-state index contributed by atoms with van der Waals surface area (Å²) in [6.07, 6.45) is -10.2. The number of carbonyl (C=O) groups is 3. The molecule has 8 nitrogen and oxygen atoms in total. The van der Waals surface area contributed by atoms with Crippen molar-refractivity contribution in [1.29, 1.82) is 0 Å². The van der Waals surface area contributed by atoms with Crippen LogP contribution in [0, 0.1) is 0 Å². The summed E-state index contributed by atoms with van der Waals surface area (Å²) < 4.78 is 87.7. The van der Waals surface area contributed by atoms with Crippen molar-refractivity contribution >= 4 is 29.2 Å². The van der Waals surface area contributed by atoms with Crippen LogP contribution in [0.1, 0.15) is 29.6 Å². The summed E-state index contributed by atoms with van der Waals surface area (Å²) in [6.45, 7) is 1.20. The molecule has 1 aliphatic rings. The molecule has 0 radical (unpaired) electrons. The highest BCUT2D eigenvalue weighted by molar-refractivity contribution is 6.07. The molecule has 1 aliphatic heterocycles. The Kier molecular flexibility index (Phi) is 9.71. The molecule has 0 aliphatic carbocycles. The Morgan fingerprint density at radius 2 is 1.58 bits per heavy atom. The van der Waals surface area contributed by atoms with Gasteiger partial charge in [0.05, 0.1) is 11.3 Å². The minimum atomic E-state index is -5.51. The van der Waals surface area contributed by atoms with Crippen molar-refractivity contribution in [2.75, 3.05) is 57.2 Å². The monoisotopic (exact) mass is 527 g/mol. The predicted molar refractivity (Wildman–Crippen MR) is 117 cm³/mol. The highest BCUT2D eigenvalue weighted by atomic mass is 19.4. The van der Waals surface area contributed by atoms with Crippen LogP contribution in [-0.4, -0.2) is 88.6 Å². The number of alkyl halides is 6. The first-order valence-electron chi connectivity index (χ1n) is 10.9. The Morgan fingerprint density at radius 3 is 2.11 bits per heavy atom. The van der Waals surface area contributed by atoms with E-state index in [1.54, 1.807) is 11.9 Å². The van der Waals surface area contributed by atoms with E-state index in [1.807, 2.05) is 19.0 Å². The number of ether oxygens (including phenoxy) is 2. The number of nitrogens with zero attached hydrogens (tertiary/aromatic N) is 3. The Balaban J connectivity index is 2.57. The molecule has 0 N–H and O–H groups in total. The van der Waals surface area contributed by atoms with Gasteiger partial charge in [0.2, 0.25) is 0 Å². The lowest BCUT2D eigenvalue weighted by atomic mass is 10.0. The van der Waals surface area contributed by atoms with Gasteiger partial charge in [-0.05, 0) is 58.1 Å². The molecule has 0 bridgehead atoms. The fourth-order valence-corrected chi connectivity index (χ4v) is 3.63. The molecular formula is C22H27F6N3O5. The van der Waals surface area contributed by atoms with E-state index < -0.39 is 47.5 Å². The van der Waals surface area contributed by atoms with Crippen LogP contribution >= 0.6 is 0 Å². The standard InChI is InChI=1S/C22H27F6N3O5/c1-29(2)9-4-10-30(3)15-5-6-16(18(32)36-20(34)22(26,27)28)17(13-15)31(19(33)21(23,24)25)14-7-11-35-12-8-14/h5-6,13-14H,4,7-12H2,1-3H3. The zero-order chi connectivity index (χ0) is 27.3. The molecule has 1 amide bonds. The molecule has 0 unspecified atom stereocenters. The van der Waals surface area contributed by atoms with Gasteiger partial charge in [0, 0.05) is 38.5 Å². The van der Waals surface area contributed by atoms with Gasteiger partial charge in [-0.3, -0.25) is 4.79 Å². The SMILES string of the molecule is CN(C)CCCN(C)c1ccc(C(=O)OC(=O)C(F)(F)F)c(N(C(=O)C(F)(F)F)C2CCOCC2)c1. The number of hydrogen-bond acceptors (Lipinski definition) is 7. The average Bonchev–Trinajstić information content (AvgIpc) is 2.78. The molecule has 14 heteroatoms. The van der Waals surface area contributed by atoms with E-state index in [9.17, 15) is 40.7 Å². The van der Waals surface area contributed by atoms with Gasteiger partial charge in [-0.25, -0.2) is 9.59 Å². The number of benzene rings is 1. The summed E-state index contributed by atoms with van der Waals surface area (Å²) in [5.74, 6) is -6.97. The van der Waals surface area contributed by atoms with E-state index >= 15 is 0 Å². The summed E-state index contributed by atoms with van der Waals surface area (Å²) in [4.78, 5) is 40.1.